The smallest absolute Gasteiger partial charge is 0.187 e. The minimum atomic E-state index is 0.00866. The highest BCUT2D eigenvalue weighted by Gasteiger charge is 2.33. The highest BCUT2D eigenvalue weighted by Crippen LogP contribution is 2.27. The van der Waals surface area contributed by atoms with E-state index in [1.165, 1.54) is 0 Å². The Bertz CT molecular complexity index is 435. The fraction of sp³-hybridized carbons (Fsp3) is 0.692. The van der Waals surface area contributed by atoms with Crippen LogP contribution in [0.25, 0.3) is 0 Å². The zero-order valence-corrected chi connectivity index (χ0v) is 11.4. The zero-order chi connectivity index (χ0) is 13.3. The number of nitrogens with one attached hydrogen (secondary N) is 1. The predicted octanol–water partition coefficient (Wildman–Crippen LogP) is 1.51. The minimum Gasteiger partial charge on any atom is -0.493 e. The van der Waals surface area contributed by atoms with E-state index in [1.54, 1.807) is 18.0 Å². The maximum Gasteiger partial charge on any atom is 0.187 e. The van der Waals surface area contributed by atoms with Gasteiger partial charge in [-0.15, -0.1) is 0 Å². The van der Waals surface area contributed by atoms with Gasteiger partial charge in [-0.25, -0.2) is 0 Å². The van der Waals surface area contributed by atoms with Crippen molar-refractivity contribution in [3.63, 3.8) is 0 Å². The molecule has 1 atom stereocenters. The number of carbonyl (C=O) groups excluding carboxylic acids is 1. The molecule has 0 bridgehead atoms. The van der Waals surface area contributed by atoms with E-state index in [-0.39, 0.29) is 17.7 Å². The largest absolute Gasteiger partial charge is 0.493 e. The van der Waals surface area contributed by atoms with Crippen LogP contribution in [0.1, 0.15) is 37.3 Å². The van der Waals surface area contributed by atoms with Crippen LogP contribution < -0.4 is 10.1 Å². The van der Waals surface area contributed by atoms with Crippen LogP contribution in [0.3, 0.4) is 0 Å². The fourth-order valence-electron chi connectivity index (χ4n) is 2.22. The molecule has 2 heterocycles. The van der Waals surface area contributed by atoms with E-state index < -0.39 is 0 Å². The Labute approximate surface area is 108 Å². The van der Waals surface area contributed by atoms with E-state index in [9.17, 15) is 4.79 Å². The second kappa shape index (κ2) is 5.10. The maximum atomic E-state index is 12.6. The topological polar surface area (TPSA) is 56.2 Å². The normalized spacial score (nSPS) is 17.6. The van der Waals surface area contributed by atoms with Gasteiger partial charge in [0.2, 0.25) is 0 Å². The molecule has 0 aromatic carbocycles. The third kappa shape index (κ3) is 2.14. The van der Waals surface area contributed by atoms with Gasteiger partial charge in [-0.2, -0.15) is 5.10 Å². The van der Waals surface area contributed by atoms with Gasteiger partial charge in [0, 0.05) is 12.0 Å². The van der Waals surface area contributed by atoms with Crippen molar-refractivity contribution in [3.05, 3.63) is 11.9 Å². The van der Waals surface area contributed by atoms with Crippen LogP contribution >= 0.6 is 0 Å². The molecule has 1 aliphatic rings. The summed E-state index contributed by atoms with van der Waals surface area (Å²) in [7, 11) is 1.58. The lowest BCUT2D eigenvalue weighted by molar-refractivity contribution is 0.0837. The van der Waals surface area contributed by atoms with E-state index in [0.717, 1.165) is 13.1 Å². The highest BCUT2D eigenvalue weighted by atomic mass is 16.5. The first-order valence-electron chi connectivity index (χ1n) is 6.42. The van der Waals surface area contributed by atoms with Gasteiger partial charge >= 0.3 is 0 Å². The van der Waals surface area contributed by atoms with Crippen LogP contribution in [-0.2, 0) is 0 Å². The summed E-state index contributed by atoms with van der Waals surface area (Å²) in [4.78, 5) is 12.6. The number of ether oxygens (including phenoxy) is 1. The molecule has 1 fully saturated rings. The summed E-state index contributed by atoms with van der Waals surface area (Å²) in [5.74, 6) is 1.14. The van der Waals surface area contributed by atoms with Crippen LogP contribution in [0, 0.1) is 11.8 Å². The maximum absolute atomic E-state index is 12.6. The zero-order valence-electron chi connectivity index (χ0n) is 11.4. The molecule has 5 nitrogen and oxygen atoms in total. The number of hydrogen-bond acceptors (Lipinski definition) is 4. The Balaban J connectivity index is 2.29. The Morgan fingerprint density at radius 3 is 2.61 bits per heavy atom. The second-order valence-corrected chi connectivity index (χ2v) is 5.17. The Kier molecular flexibility index (Phi) is 3.71. The van der Waals surface area contributed by atoms with Crippen LogP contribution in [-0.4, -0.2) is 35.8 Å². The Morgan fingerprint density at radius 2 is 2.17 bits per heavy atom. The van der Waals surface area contributed by atoms with E-state index in [0.29, 0.717) is 17.4 Å². The van der Waals surface area contributed by atoms with Gasteiger partial charge in [0.15, 0.2) is 11.5 Å². The number of aromatic nitrogens is 2. The first-order chi connectivity index (χ1) is 8.56. The SMILES string of the molecule is COc1cnn(C(C)C)c1C(=O)C(C)C1CNC1. The van der Waals surface area contributed by atoms with E-state index in [2.05, 4.69) is 10.4 Å². The summed E-state index contributed by atoms with van der Waals surface area (Å²) in [5, 5.41) is 7.45. The van der Waals surface area contributed by atoms with Crippen LogP contribution in [0.2, 0.25) is 0 Å². The molecule has 1 saturated heterocycles. The number of Topliss-reactive ketones (excluding diaryl/α,β-unsaturated/α-hetero) is 1. The van der Waals surface area contributed by atoms with E-state index >= 15 is 0 Å². The molecule has 0 spiro atoms. The number of hydrogen-bond donors (Lipinski definition) is 1. The van der Waals surface area contributed by atoms with Crippen LogP contribution in [0.5, 0.6) is 5.75 Å². The third-order valence-electron chi connectivity index (χ3n) is 3.64. The predicted molar refractivity (Wildman–Crippen MR) is 69.0 cm³/mol. The van der Waals surface area contributed by atoms with Gasteiger partial charge in [0.1, 0.15) is 5.69 Å². The standard InChI is InChI=1S/C13H21N3O2/c1-8(2)16-12(11(18-4)7-15-16)13(17)9(3)10-5-14-6-10/h7-10,14H,5-6H2,1-4H3. The lowest BCUT2D eigenvalue weighted by atomic mass is 9.84. The summed E-state index contributed by atoms with van der Waals surface area (Å²) in [5.41, 5.74) is 0.604. The highest BCUT2D eigenvalue weighted by molar-refractivity contribution is 5.98. The molecule has 0 radical (unpaired) electrons. The summed E-state index contributed by atoms with van der Waals surface area (Å²) in [6.45, 7) is 7.86. The van der Waals surface area contributed by atoms with Crippen molar-refractivity contribution < 1.29 is 9.53 Å². The molecule has 1 N–H and O–H groups in total. The lowest BCUT2D eigenvalue weighted by Crippen LogP contribution is -2.47. The summed E-state index contributed by atoms with van der Waals surface area (Å²) in [6.07, 6.45) is 1.62. The van der Waals surface area contributed by atoms with Gasteiger partial charge in [0.05, 0.1) is 13.3 Å². The molecule has 1 unspecified atom stereocenters. The molecule has 1 aliphatic heterocycles. The average molecular weight is 251 g/mol. The monoisotopic (exact) mass is 251 g/mol. The number of ketones is 1. The van der Waals surface area contributed by atoms with E-state index in [1.807, 2.05) is 20.8 Å². The molecule has 1 aromatic heterocycles. The van der Waals surface area contributed by atoms with Crippen molar-refractivity contribution >= 4 is 5.78 Å². The first kappa shape index (κ1) is 13.1. The van der Waals surface area contributed by atoms with Crippen molar-refractivity contribution in [2.24, 2.45) is 11.8 Å². The second-order valence-electron chi connectivity index (χ2n) is 5.17. The number of nitrogens with zero attached hydrogens (tertiary/aromatic N) is 2. The molecule has 18 heavy (non-hydrogen) atoms. The van der Waals surface area contributed by atoms with Crippen LogP contribution in [0.15, 0.2) is 6.20 Å². The number of carbonyl (C=O) groups is 1. The molecular weight excluding hydrogens is 230 g/mol. The van der Waals surface area contributed by atoms with Crippen LogP contribution in [0.4, 0.5) is 0 Å². The van der Waals surface area contributed by atoms with Crippen molar-refractivity contribution in [1.82, 2.24) is 15.1 Å². The molecule has 2 rings (SSSR count). The molecular formula is C13H21N3O2. The molecule has 0 aliphatic carbocycles. The van der Waals surface area contributed by atoms with Crippen molar-refractivity contribution in [2.75, 3.05) is 20.2 Å². The minimum absolute atomic E-state index is 0.00866. The van der Waals surface area contributed by atoms with Gasteiger partial charge in [-0.3, -0.25) is 9.48 Å². The summed E-state index contributed by atoms with van der Waals surface area (Å²) < 4.78 is 7.01. The number of rotatable bonds is 5. The summed E-state index contributed by atoms with van der Waals surface area (Å²) in [6, 6.07) is 0.152. The molecule has 0 saturated carbocycles. The van der Waals surface area contributed by atoms with Crippen molar-refractivity contribution in [2.45, 2.75) is 26.8 Å². The fourth-order valence-corrected chi connectivity index (χ4v) is 2.22. The quantitative estimate of drug-likeness (QED) is 0.806. The lowest BCUT2D eigenvalue weighted by Gasteiger charge is -2.32. The average Bonchev–Trinajstić information content (AvgIpc) is 2.68. The van der Waals surface area contributed by atoms with Gasteiger partial charge < -0.3 is 10.1 Å². The van der Waals surface area contributed by atoms with Gasteiger partial charge in [0.25, 0.3) is 0 Å². The summed E-state index contributed by atoms with van der Waals surface area (Å²) >= 11 is 0. The van der Waals surface area contributed by atoms with Crippen molar-refractivity contribution in [1.29, 1.82) is 0 Å². The van der Waals surface area contributed by atoms with Gasteiger partial charge in [-0.05, 0) is 32.9 Å². The molecule has 5 heteroatoms. The molecule has 1 aromatic rings. The Hall–Kier alpha value is -1.36. The molecule has 0 amide bonds. The van der Waals surface area contributed by atoms with E-state index in [4.69, 9.17) is 4.74 Å². The number of methoxy groups -OCH3 is 1. The molecule has 100 valence electrons. The van der Waals surface area contributed by atoms with Gasteiger partial charge in [-0.1, -0.05) is 6.92 Å². The Morgan fingerprint density at radius 1 is 1.50 bits per heavy atom. The first-order valence-corrected chi connectivity index (χ1v) is 6.42. The van der Waals surface area contributed by atoms with Crippen molar-refractivity contribution in [3.8, 4) is 5.75 Å². The third-order valence-corrected chi connectivity index (χ3v) is 3.64.